The number of hydrogen-bond acceptors (Lipinski definition) is 4. The average molecular weight is 308 g/mol. The Morgan fingerprint density at radius 1 is 1.43 bits per heavy atom. The molecular weight excluding hydrogens is 288 g/mol. The number of aliphatic carboxylic acids is 1. The summed E-state index contributed by atoms with van der Waals surface area (Å²) in [5, 5.41) is 9.40. The zero-order valence-electron chi connectivity index (χ0n) is 12.0. The first-order valence-corrected chi connectivity index (χ1v) is 8.28. The van der Waals surface area contributed by atoms with Gasteiger partial charge >= 0.3 is 5.97 Å². The van der Waals surface area contributed by atoms with Crippen LogP contribution in [0.3, 0.4) is 0 Å². The van der Waals surface area contributed by atoms with Crippen molar-refractivity contribution >= 4 is 23.6 Å². The Balaban J connectivity index is 2.20. The molecule has 0 radical (unpaired) electrons. The molecule has 21 heavy (non-hydrogen) atoms. The maximum atomic E-state index is 12.5. The summed E-state index contributed by atoms with van der Waals surface area (Å²) in [4.78, 5) is 25.3. The summed E-state index contributed by atoms with van der Waals surface area (Å²) < 4.78 is 0. The number of rotatable bonds is 5. The summed E-state index contributed by atoms with van der Waals surface area (Å²) in [6, 6.07) is 6.18. The lowest BCUT2D eigenvalue weighted by Crippen LogP contribution is -2.53. The van der Waals surface area contributed by atoms with Crippen molar-refractivity contribution in [3.05, 3.63) is 35.4 Å². The molecule has 0 saturated heterocycles. The number of nitrogens with two attached hydrogens (primary N) is 1. The van der Waals surface area contributed by atoms with Crippen LogP contribution in [-0.2, 0) is 22.6 Å². The van der Waals surface area contributed by atoms with Crippen molar-refractivity contribution in [3.63, 3.8) is 0 Å². The van der Waals surface area contributed by atoms with Gasteiger partial charge in [-0.15, -0.1) is 0 Å². The van der Waals surface area contributed by atoms with Gasteiger partial charge in [0.05, 0.1) is 6.04 Å². The van der Waals surface area contributed by atoms with E-state index in [1.165, 1.54) is 4.90 Å². The van der Waals surface area contributed by atoms with E-state index in [9.17, 15) is 14.7 Å². The molecule has 1 aliphatic rings. The Kier molecular flexibility index (Phi) is 5.25. The molecule has 5 nitrogen and oxygen atoms in total. The summed E-state index contributed by atoms with van der Waals surface area (Å²) >= 11 is 1.62. The van der Waals surface area contributed by atoms with Crippen LogP contribution >= 0.6 is 11.8 Å². The summed E-state index contributed by atoms with van der Waals surface area (Å²) in [7, 11) is 0. The summed E-state index contributed by atoms with van der Waals surface area (Å²) in [5.74, 6) is -0.462. The predicted octanol–water partition coefficient (Wildman–Crippen LogP) is 1.10. The van der Waals surface area contributed by atoms with E-state index in [0.717, 1.165) is 16.9 Å². The van der Waals surface area contributed by atoms with Gasteiger partial charge in [0, 0.05) is 13.0 Å². The van der Waals surface area contributed by atoms with E-state index in [4.69, 9.17) is 5.73 Å². The van der Waals surface area contributed by atoms with E-state index >= 15 is 0 Å². The van der Waals surface area contributed by atoms with Crippen molar-refractivity contribution in [3.8, 4) is 0 Å². The lowest BCUT2D eigenvalue weighted by molar-refractivity contribution is -0.152. The van der Waals surface area contributed by atoms with Gasteiger partial charge in [0.2, 0.25) is 5.91 Å². The first-order valence-electron chi connectivity index (χ1n) is 6.89. The molecule has 0 spiro atoms. The summed E-state index contributed by atoms with van der Waals surface area (Å²) in [6.45, 7) is 0.318. The second kappa shape index (κ2) is 6.95. The lowest BCUT2D eigenvalue weighted by atomic mass is 9.93. The van der Waals surface area contributed by atoms with Gasteiger partial charge in [0.25, 0.3) is 0 Å². The van der Waals surface area contributed by atoms with Crippen molar-refractivity contribution in [2.75, 3.05) is 12.0 Å². The van der Waals surface area contributed by atoms with Crippen molar-refractivity contribution in [2.45, 2.75) is 31.5 Å². The molecule has 2 atom stereocenters. The smallest absolute Gasteiger partial charge is 0.326 e. The fraction of sp³-hybridized carbons (Fsp3) is 0.467. The van der Waals surface area contributed by atoms with Crippen LogP contribution < -0.4 is 5.73 Å². The van der Waals surface area contributed by atoms with E-state index < -0.39 is 18.1 Å². The minimum absolute atomic E-state index is 0.272. The highest BCUT2D eigenvalue weighted by Gasteiger charge is 2.36. The van der Waals surface area contributed by atoms with Crippen molar-refractivity contribution in [1.29, 1.82) is 0 Å². The Morgan fingerprint density at radius 2 is 2.10 bits per heavy atom. The monoisotopic (exact) mass is 308 g/mol. The van der Waals surface area contributed by atoms with Gasteiger partial charge in [-0.25, -0.2) is 4.79 Å². The highest BCUT2D eigenvalue weighted by Crippen LogP contribution is 2.24. The first-order chi connectivity index (χ1) is 10.0. The van der Waals surface area contributed by atoms with Crippen LogP contribution in [0.5, 0.6) is 0 Å². The lowest BCUT2D eigenvalue weighted by Gasteiger charge is -2.35. The fourth-order valence-electron chi connectivity index (χ4n) is 2.56. The Morgan fingerprint density at radius 3 is 2.71 bits per heavy atom. The SMILES string of the molecule is CSCC[C@H](N)C(=O)N1Cc2ccccc2C[C@H]1C(=O)O. The van der Waals surface area contributed by atoms with E-state index in [-0.39, 0.29) is 5.91 Å². The number of nitrogens with zero attached hydrogens (tertiary/aromatic N) is 1. The second-order valence-electron chi connectivity index (χ2n) is 5.18. The van der Waals surface area contributed by atoms with Crippen LogP contribution in [0.4, 0.5) is 0 Å². The zero-order chi connectivity index (χ0) is 15.4. The molecule has 0 bridgehead atoms. The molecule has 0 fully saturated rings. The molecule has 1 aromatic carbocycles. The summed E-state index contributed by atoms with van der Waals surface area (Å²) in [6.07, 6.45) is 2.85. The van der Waals surface area contributed by atoms with E-state index in [1.54, 1.807) is 11.8 Å². The molecule has 1 amide bonds. The quantitative estimate of drug-likeness (QED) is 0.851. The standard InChI is InChI=1S/C15H20N2O3S/c1-21-7-6-12(16)14(18)17-9-11-5-3-2-4-10(11)8-13(17)15(19)20/h2-5,12-13H,6-9,16H2,1H3,(H,19,20)/t12-,13-/m0/s1. The predicted molar refractivity (Wildman–Crippen MR) is 83.1 cm³/mol. The average Bonchev–Trinajstić information content (AvgIpc) is 2.50. The molecule has 2 rings (SSSR count). The van der Waals surface area contributed by atoms with Gasteiger partial charge in [-0.2, -0.15) is 11.8 Å². The number of carboxylic acids is 1. The number of amides is 1. The van der Waals surface area contributed by atoms with Gasteiger partial charge in [0.1, 0.15) is 6.04 Å². The van der Waals surface area contributed by atoms with E-state index in [1.807, 2.05) is 30.5 Å². The number of fused-ring (bicyclic) bond motifs is 1. The first kappa shape index (κ1) is 15.9. The minimum atomic E-state index is -0.977. The molecule has 0 aromatic heterocycles. The van der Waals surface area contributed by atoms with Gasteiger partial charge in [-0.05, 0) is 29.6 Å². The van der Waals surface area contributed by atoms with Crippen molar-refractivity contribution < 1.29 is 14.7 Å². The molecule has 1 aromatic rings. The maximum absolute atomic E-state index is 12.5. The van der Waals surface area contributed by atoms with E-state index in [0.29, 0.717) is 19.4 Å². The van der Waals surface area contributed by atoms with Crippen molar-refractivity contribution in [1.82, 2.24) is 4.90 Å². The number of thioether (sulfide) groups is 1. The van der Waals surface area contributed by atoms with Crippen LogP contribution in [-0.4, -0.2) is 46.0 Å². The maximum Gasteiger partial charge on any atom is 0.326 e. The molecule has 1 heterocycles. The molecule has 1 aliphatic heterocycles. The highest BCUT2D eigenvalue weighted by atomic mass is 32.2. The number of benzene rings is 1. The fourth-order valence-corrected chi connectivity index (χ4v) is 3.05. The molecule has 6 heteroatoms. The van der Waals surface area contributed by atoms with Crippen molar-refractivity contribution in [2.24, 2.45) is 5.73 Å². The Bertz CT molecular complexity index is 535. The second-order valence-corrected chi connectivity index (χ2v) is 6.17. The zero-order valence-corrected chi connectivity index (χ0v) is 12.8. The largest absolute Gasteiger partial charge is 0.480 e. The molecular formula is C15H20N2O3S. The van der Waals surface area contributed by atoms with Gasteiger partial charge in [-0.1, -0.05) is 24.3 Å². The molecule has 0 saturated carbocycles. The van der Waals surface area contributed by atoms with Crippen LogP contribution in [0.15, 0.2) is 24.3 Å². The van der Waals surface area contributed by atoms with Gasteiger partial charge in [-0.3, -0.25) is 4.79 Å². The van der Waals surface area contributed by atoms with Gasteiger partial charge in [0.15, 0.2) is 0 Å². The van der Waals surface area contributed by atoms with Gasteiger partial charge < -0.3 is 15.7 Å². The number of carbonyl (C=O) groups excluding carboxylic acids is 1. The van der Waals surface area contributed by atoms with E-state index in [2.05, 4.69) is 0 Å². The molecule has 0 aliphatic carbocycles. The molecule has 3 N–H and O–H groups in total. The number of carbonyl (C=O) groups is 2. The minimum Gasteiger partial charge on any atom is -0.480 e. The van der Waals surface area contributed by atoms with Crippen LogP contribution in [0.1, 0.15) is 17.5 Å². The summed E-state index contributed by atoms with van der Waals surface area (Å²) in [5.41, 5.74) is 7.91. The molecule has 0 unspecified atom stereocenters. The Hall–Kier alpha value is -1.53. The van der Waals surface area contributed by atoms with Crippen LogP contribution in [0.25, 0.3) is 0 Å². The number of carboxylic acid groups (broad SMARTS) is 1. The van der Waals surface area contributed by atoms with Crippen LogP contribution in [0, 0.1) is 0 Å². The topological polar surface area (TPSA) is 83.6 Å². The molecule has 114 valence electrons. The third-order valence-electron chi connectivity index (χ3n) is 3.77. The van der Waals surface area contributed by atoms with Crippen LogP contribution in [0.2, 0.25) is 0 Å². The normalized spacial score (nSPS) is 19.0. The third-order valence-corrected chi connectivity index (χ3v) is 4.41. The third kappa shape index (κ3) is 3.57. The number of hydrogen-bond donors (Lipinski definition) is 2. The Labute approximate surface area is 128 Å². The highest BCUT2D eigenvalue weighted by molar-refractivity contribution is 7.98.